The van der Waals surface area contributed by atoms with Crippen molar-refractivity contribution in [2.45, 2.75) is 97.8 Å². The van der Waals surface area contributed by atoms with E-state index in [0.717, 1.165) is 5.69 Å². The molecule has 0 fully saturated rings. The minimum atomic E-state index is 0. The number of nitrogen functional groups attached to an aromatic ring is 1. The minimum Gasteiger partial charge on any atom is -0.398 e. The fraction of sp³-hybridized carbons (Fsp3) is 0.714. The Kier molecular flexibility index (Phi) is 13.6. The van der Waals surface area contributed by atoms with Gasteiger partial charge in [-0.3, -0.25) is 0 Å². The predicted molar refractivity (Wildman–Crippen MR) is 111 cm³/mol. The summed E-state index contributed by atoms with van der Waals surface area (Å²) in [6.07, 6.45) is 15.4. The van der Waals surface area contributed by atoms with Crippen molar-refractivity contribution >= 4 is 22.7 Å². The Labute approximate surface area is 155 Å². The number of nitrogens with two attached hydrogens (primary N) is 1. The minimum absolute atomic E-state index is 0. The Morgan fingerprint density at radius 2 is 1.13 bits per heavy atom. The van der Waals surface area contributed by atoms with E-state index < -0.39 is 0 Å². The van der Waals surface area contributed by atoms with Crippen LogP contribution in [0.25, 0.3) is 0 Å². The lowest BCUT2D eigenvalue weighted by Gasteiger charge is -2.17. The molecule has 0 atom stereocenters. The van der Waals surface area contributed by atoms with Gasteiger partial charge in [-0.25, -0.2) is 0 Å². The molecule has 0 radical (unpaired) electrons. The summed E-state index contributed by atoms with van der Waals surface area (Å²) in [5.41, 5.74) is 12.0. The van der Waals surface area contributed by atoms with Gasteiger partial charge in [0, 0.05) is 5.69 Å². The van der Waals surface area contributed by atoms with Gasteiger partial charge in [-0.1, -0.05) is 65.4 Å². The molecule has 0 aliphatic carbocycles. The molecule has 0 amide bonds. The molecular formula is C21H38BrN. The van der Waals surface area contributed by atoms with Crippen LogP contribution in [0, 0.1) is 0 Å². The molecule has 0 bridgehead atoms. The van der Waals surface area contributed by atoms with E-state index >= 15 is 0 Å². The lowest BCUT2D eigenvalue weighted by Crippen LogP contribution is -2.06. The molecule has 0 aromatic heterocycles. The van der Waals surface area contributed by atoms with E-state index in [1.54, 1.807) is 11.1 Å². The van der Waals surface area contributed by atoms with Crippen LogP contribution in [0.5, 0.6) is 0 Å². The summed E-state index contributed by atoms with van der Waals surface area (Å²) in [6, 6.07) is 4.46. The molecular weight excluding hydrogens is 346 g/mol. The smallest absolute Gasteiger partial charge is 0.0349 e. The van der Waals surface area contributed by atoms with Crippen molar-refractivity contribution in [2.24, 2.45) is 0 Å². The average Bonchev–Trinajstić information content (AvgIpc) is 2.52. The molecule has 0 aliphatic heterocycles. The first-order valence-corrected chi connectivity index (χ1v) is 9.63. The van der Waals surface area contributed by atoms with Crippen molar-refractivity contribution in [1.82, 2.24) is 0 Å². The summed E-state index contributed by atoms with van der Waals surface area (Å²) in [6.45, 7) is 6.83. The van der Waals surface area contributed by atoms with Crippen LogP contribution in [0.15, 0.2) is 12.1 Å². The number of hydrogen-bond donors (Lipinski definition) is 1. The molecule has 0 heterocycles. The summed E-state index contributed by atoms with van der Waals surface area (Å²) < 4.78 is 0. The van der Waals surface area contributed by atoms with Crippen molar-refractivity contribution in [3.63, 3.8) is 0 Å². The molecule has 0 spiro atoms. The maximum absolute atomic E-state index is 6.33. The summed E-state index contributed by atoms with van der Waals surface area (Å²) in [4.78, 5) is 0. The maximum Gasteiger partial charge on any atom is 0.0349 e. The lowest BCUT2D eigenvalue weighted by atomic mass is 9.89. The Morgan fingerprint density at radius 3 is 1.65 bits per heavy atom. The van der Waals surface area contributed by atoms with Gasteiger partial charge >= 0.3 is 0 Å². The second-order valence-corrected chi connectivity index (χ2v) is 6.64. The Hall–Kier alpha value is -0.500. The third-order valence-corrected chi connectivity index (χ3v) is 4.67. The first-order valence-electron chi connectivity index (χ1n) is 9.63. The van der Waals surface area contributed by atoms with Gasteiger partial charge in [0.15, 0.2) is 0 Å². The molecule has 1 aromatic carbocycles. The first-order chi connectivity index (χ1) is 10.7. The van der Waals surface area contributed by atoms with E-state index in [2.05, 4.69) is 32.9 Å². The summed E-state index contributed by atoms with van der Waals surface area (Å²) in [5.74, 6) is 0. The van der Waals surface area contributed by atoms with E-state index in [-0.39, 0.29) is 17.0 Å². The third-order valence-electron chi connectivity index (χ3n) is 4.67. The summed E-state index contributed by atoms with van der Waals surface area (Å²) in [7, 11) is 0. The zero-order valence-corrected chi connectivity index (χ0v) is 17.3. The molecule has 0 saturated carbocycles. The molecule has 2 heteroatoms. The Balaban J connectivity index is 0.00000484. The van der Waals surface area contributed by atoms with Crippen molar-refractivity contribution in [1.29, 1.82) is 0 Å². The van der Waals surface area contributed by atoms with E-state index in [9.17, 15) is 0 Å². The van der Waals surface area contributed by atoms with Crippen LogP contribution in [0.2, 0.25) is 0 Å². The number of anilines is 1. The van der Waals surface area contributed by atoms with Crippen LogP contribution < -0.4 is 5.73 Å². The summed E-state index contributed by atoms with van der Waals surface area (Å²) >= 11 is 0. The Morgan fingerprint density at radius 1 is 0.652 bits per heavy atom. The normalized spacial score (nSPS) is 10.6. The standard InChI is InChI=1S/C21H37N.BrH/c1-4-7-10-13-18-16-17-21(22)20(15-12-9-6-3)19(18)14-11-8-5-2;/h16-17H,4-15,22H2,1-3H3;1H. The van der Waals surface area contributed by atoms with Crippen LogP contribution in [-0.4, -0.2) is 0 Å². The third kappa shape index (κ3) is 8.24. The van der Waals surface area contributed by atoms with Gasteiger partial charge in [-0.15, -0.1) is 17.0 Å². The van der Waals surface area contributed by atoms with E-state index in [1.165, 1.54) is 82.6 Å². The number of benzene rings is 1. The molecule has 1 aromatic rings. The van der Waals surface area contributed by atoms with Crippen LogP contribution in [0.4, 0.5) is 5.69 Å². The molecule has 1 nitrogen and oxygen atoms in total. The zero-order chi connectivity index (χ0) is 16.2. The highest BCUT2D eigenvalue weighted by Gasteiger charge is 2.11. The lowest BCUT2D eigenvalue weighted by molar-refractivity contribution is 0.678. The fourth-order valence-corrected chi connectivity index (χ4v) is 3.27. The van der Waals surface area contributed by atoms with Gasteiger partial charge < -0.3 is 5.73 Å². The van der Waals surface area contributed by atoms with Crippen LogP contribution in [-0.2, 0) is 19.3 Å². The van der Waals surface area contributed by atoms with Gasteiger partial charge in [0.1, 0.15) is 0 Å². The van der Waals surface area contributed by atoms with Gasteiger partial charge in [0.2, 0.25) is 0 Å². The van der Waals surface area contributed by atoms with Gasteiger partial charge in [-0.2, -0.15) is 0 Å². The highest BCUT2D eigenvalue weighted by atomic mass is 79.9. The van der Waals surface area contributed by atoms with E-state index in [0.29, 0.717) is 0 Å². The molecule has 0 saturated heterocycles. The number of unbranched alkanes of at least 4 members (excludes halogenated alkanes) is 6. The van der Waals surface area contributed by atoms with Crippen molar-refractivity contribution in [2.75, 3.05) is 5.73 Å². The van der Waals surface area contributed by atoms with E-state index in [4.69, 9.17) is 5.73 Å². The quantitative estimate of drug-likeness (QED) is 0.303. The maximum atomic E-state index is 6.33. The highest BCUT2D eigenvalue weighted by molar-refractivity contribution is 8.93. The fourth-order valence-electron chi connectivity index (χ4n) is 3.27. The SMILES string of the molecule is Br.CCCCCc1ccc(N)c(CCCCC)c1CCCCC. The average molecular weight is 384 g/mol. The van der Waals surface area contributed by atoms with Crippen LogP contribution in [0.1, 0.15) is 95.2 Å². The molecule has 0 aliphatic rings. The number of aryl methyl sites for hydroxylation is 1. The van der Waals surface area contributed by atoms with Gasteiger partial charge in [-0.05, 0) is 61.3 Å². The second-order valence-electron chi connectivity index (χ2n) is 6.64. The van der Waals surface area contributed by atoms with E-state index in [1.807, 2.05) is 0 Å². The topological polar surface area (TPSA) is 26.0 Å². The predicted octanol–water partition coefficient (Wildman–Crippen LogP) is 7.04. The van der Waals surface area contributed by atoms with Gasteiger partial charge in [0.05, 0.1) is 0 Å². The molecule has 134 valence electrons. The van der Waals surface area contributed by atoms with Crippen LogP contribution >= 0.6 is 17.0 Å². The zero-order valence-electron chi connectivity index (χ0n) is 15.6. The van der Waals surface area contributed by atoms with Gasteiger partial charge in [0.25, 0.3) is 0 Å². The first kappa shape index (κ1) is 22.5. The number of rotatable bonds is 12. The monoisotopic (exact) mass is 383 g/mol. The largest absolute Gasteiger partial charge is 0.398 e. The number of hydrogen-bond acceptors (Lipinski definition) is 1. The molecule has 2 N–H and O–H groups in total. The molecule has 23 heavy (non-hydrogen) atoms. The molecule has 1 rings (SSSR count). The van der Waals surface area contributed by atoms with Crippen molar-refractivity contribution < 1.29 is 0 Å². The van der Waals surface area contributed by atoms with Crippen molar-refractivity contribution in [3.8, 4) is 0 Å². The van der Waals surface area contributed by atoms with Crippen LogP contribution in [0.3, 0.4) is 0 Å². The summed E-state index contributed by atoms with van der Waals surface area (Å²) in [5, 5.41) is 0. The molecule has 0 unspecified atom stereocenters. The highest BCUT2D eigenvalue weighted by Crippen LogP contribution is 2.27. The Bertz CT molecular complexity index is 415. The number of halogens is 1. The second kappa shape index (κ2) is 13.9. The van der Waals surface area contributed by atoms with Crippen molar-refractivity contribution in [3.05, 3.63) is 28.8 Å².